The van der Waals surface area contributed by atoms with Crippen LogP contribution < -0.4 is 0 Å². The van der Waals surface area contributed by atoms with Gasteiger partial charge in [-0.3, -0.25) is 0 Å². The topological polar surface area (TPSA) is 0 Å². The summed E-state index contributed by atoms with van der Waals surface area (Å²) in [6, 6.07) is 6.43. The fraction of sp³-hybridized carbons (Fsp3) is 0.200. The number of hydrogen-bond donors (Lipinski definition) is 0. The highest BCUT2D eigenvalue weighted by atomic mass is 79.9. The summed E-state index contributed by atoms with van der Waals surface area (Å²) in [6.07, 6.45) is 0. The van der Waals surface area contributed by atoms with Gasteiger partial charge in [-0.1, -0.05) is 15.9 Å². The molecule has 0 amide bonds. The number of rotatable bonds is 2. The zero-order valence-electron chi connectivity index (χ0n) is 7.76. The second-order valence-corrected chi connectivity index (χ2v) is 9.11. The van der Waals surface area contributed by atoms with Crippen molar-refractivity contribution in [1.82, 2.24) is 0 Å². The van der Waals surface area contributed by atoms with Crippen molar-refractivity contribution in [2.75, 3.05) is 0 Å². The molecule has 2 aromatic rings. The first-order chi connectivity index (χ1) is 7.08. The Balaban J connectivity index is 2.35. The Morgan fingerprint density at radius 2 is 1.87 bits per heavy atom. The summed E-state index contributed by atoms with van der Waals surface area (Å²) >= 11 is 14.3. The SMILES string of the molecule is Cc1sc(Br)cc1C(Br)c1ccc(Br)s1. The van der Waals surface area contributed by atoms with Crippen molar-refractivity contribution in [3.8, 4) is 0 Å². The monoisotopic (exact) mass is 428 g/mol. The molecule has 2 rings (SSSR count). The fourth-order valence-electron chi connectivity index (χ4n) is 1.33. The van der Waals surface area contributed by atoms with Crippen molar-refractivity contribution in [3.05, 3.63) is 41.1 Å². The maximum Gasteiger partial charge on any atom is 0.0749 e. The molecule has 0 fully saturated rings. The molecule has 0 nitrogen and oxygen atoms in total. The molecule has 0 aromatic carbocycles. The summed E-state index contributed by atoms with van der Waals surface area (Å²) in [5.74, 6) is 0. The third-order valence-electron chi connectivity index (χ3n) is 2.04. The van der Waals surface area contributed by atoms with E-state index >= 15 is 0 Å². The van der Waals surface area contributed by atoms with Crippen molar-refractivity contribution < 1.29 is 0 Å². The largest absolute Gasteiger partial charge is 0.133 e. The Morgan fingerprint density at radius 3 is 2.33 bits per heavy atom. The maximum absolute atomic E-state index is 3.75. The van der Waals surface area contributed by atoms with Crippen LogP contribution >= 0.6 is 70.5 Å². The zero-order valence-corrected chi connectivity index (χ0v) is 14.2. The number of hydrogen-bond acceptors (Lipinski definition) is 2. The third kappa shape index (κ3) is 2.75. The Bertz CT molecular complexity index is 473. The normalized spacial score (nSPS) is 13.1. The van der Waals surface area contributed by atoms with Crippen LogP contribution in [0.25, 0.3) is 0 Å². The Kier molecular flexibility index (Phi) is 4.10. The first-order valence-corrected chi connectivity index (χ1v) is 8.36. The van der Waals surface area contributed by atoms with Gasteiger partial charge in [-0.05, 0) is 62.5 Å². The number of alkyl halides is 1. The maximum atomic E-state index is 3.75. The third-order valence-corrected chi connectivity index (χ3v) is 6.59. The summed E-state index contributed by atoms with van der Waals surface area (Å²) in [5.41, 5.74) is 1.35. The van der Waals surface area contributed by atoms with Crippen molar-refractivity contribution in [2.24, 2.45) is 0 Å². The minimum absolute atomic E-state index is 0.302. The molecule has 0 bridgehead atoms. The number of halogens is 3. The van der Waals surface area contributed by atoms with Gasteiger partial charge < -0.3 is 0 Å². The molecule has 15 heavy (non-hydrogen) atoms. The zero-order chi connectivity index (χ0) is 11.0. The second kappa shape index (κ2) is 5.00. The van der Waals surface area contributed by atoms with Crippen LogP contribution in [-0.4, -0.2) is 0 Å². The minimum Gasteiger partial charge on any atom is -0.133 e. The van der Waals surface area contributed by atoms with Gasteiger partial charge in [0.05, 0.1) is 12.4 Å². The molecular formula is C10H7Br3S2. The van der Waals surface area contributed by atoms with Crippen LogP contribution in [0.5, 0.6) is 0 Å². The lowest BCUT2D eigenvalue weighted by Crippen LogP contribution is -1.88. The molecule has 1 atom stereocenters. The van der Waals surface area contributed by atoms with Crippen LogP contribution in [0, 0.1) is 6.92 Å². The number of thiophene rings is 2. The highest BCUT2D eigenvalue weighted by Gasteiger charge is 2.16. The van der Waals surface area contributed by atoms with E-state index in [1.165, 1.54) is 22.9 Å². The highest BCUT2D eigenvalue weighted by Crippen LogP contribution is 2.41. The lowest BCUT2D eigenvalue weighted by atomic mass is 10.2. The van der Waals surface area contributed by atoms with E-state index in [0.717, 1.165) is 0 Å². The summed E-state index contributed by atoms with van der Waals surface area (Å²) in [6.45, 7) is 2.15. The smallest absolute Gasteiger partial charge is 0.0749 e. The van der Waals surface area contributed by atoms with Crippen LogP contribution in [-0.2, 0) is 0 Å². The van der Waals surface area contributed by atoms with E-state index in [1.807, 2.05) is 0 Å². The summed E-state index contributed by atoms with van der Waals surface area (Å²) in [5, 5.41) is 0. The van der Waals surface area contributed by atoms with Gasteiger partial charge in [-0.25, -0.2) is 0 Å². The molecule has 0 radical (unpaired) electrons. The summed E-state index contributed by atoms with van der Waals surface area (Å²) in [7, 11) is 0. The minimum atomic E-state index is 0.302. The highest BCUT2D eigenvalue weighted by molar-refractivity contribution is 9.11. The molecular weight excluding hydrogens is 424 g/mol. The van der Waals surface area contributed by atoms with E-state index in [4.69, 9.17) is 0 Å². The standard InChI is InChI=1S/C10H7Br3S2/c1-5-6(4-9(12)14-5)10(13)7-2-3-8(11)15-7/h2-4,10H,1H3. The molecule has 0 saturated heterocycles. The fourth-order valence-corrected chi connectivity index (χ4v) is 5.56. The van der Waals surface area contributed by atoms with Crippen LogP contribution in [0.15, 0.2) is 25.8 Å². The average Bonchev–Trinajstić information content (AvgIpc) is 2.71. The van der Waals surface area contributed by atoms with E-state index in [1.54, 1.807) is 22.7 Å². The molecule has 1 unspecified atom stereocenters. The molecule has 0 aliphatic rings. The summed E-state index contributed by atoms with van der Waals surface area (Å²) < 4.78 is 2.36. The Hall–Kier alpha value is 0.840. The van der Waals surface area contributed by atoms with Crippen LogP contribution in [0.2, 0.25) is 0 Å². The van der Waals surface area contributed by atoms with Crippen LogP contribution in [0.1, 0.15) is 20.1 Å². The molecule has 0 N–H and O–H groups in total. The molecule has 2 aromatic heterocycles. The number of aryl methyl sites for hydroxylation is 1. The molecule has 80 valence electrons. The van der Waals surface area contributed by atoms with Crippen molar-refractivity contribution in [1.29, 1.82) is 0 Å². The molecule has 2 heterocycles. The van der Waals surface area contributed by atoms with Gasteiger partial charge in [0.2, 0.25) is 0 Å². The Morgan fingerprint density at radius 1 is 1.13 bits per heavy atom. The van der Waals surface area contributed by atoms with Gasteiger partial charge in [0, 0.05) is 9.75 Å². The summed E-state index contributed by atoms with van der Waals surface area (Å²) in [4.78, 5) is 2.99. The first kappa shape index (κ1) is 12.3. The second-order valence-electron chi connectivity index (χ2n) is 3.07. The van der Waals surface area contributed by atoms with E-state index < -0.39 is 0 Å². The van der Waals surface area contributed by atoms with E-state index in [2.05, 4.69) is 72.9 Å². The predicted molar refractivity (Wildman–Crippen MR) is 79.5 cm³/mol. The first-order valence-electron chi connectivity index (χ1n) is 4.23. The average molecular weight is 431 g/mol. The van der Waals surface area contributed by atoms with Crippen molar-refractivity contribution >= 4 is 70.5 Å². The van der Waals surface area contributed by atoms with Gasteiger partial charge in [-0.2, -0.15) is 0 Å². The quantitative estimate of drug-likeness (QED) is 0.503. The van der Waals surface area contributed by atoms with E-state index in [-0.39, 0.29) is 0 Å². The lowest BCUT2D eigenvalue weighted by molar-refractivity contribution is 1.21. The Labute approximate surface area is 122 Å². The van der Waals surface area contributed by atoms with Crippen LogP contribution in [0.4, 0.5) is 0 Å². The van der Waals surface area contributed by atoms with Gasteiger partial charge in [0.25, 0.3) is 0 Å². The van der Waals surface area contributed by atoms with Gasteiger partial charge in [0.15, 0.2) is 0 Å². The van der Waals surface area contributed by atoms with Gasteiger partial charge in [0.1, 0.15) is 0 Å². The van der Waals surface area contributed by atoms with E-state index in [0.29, 0.717) is 4.83 Å². The van der Waals surface area contributed by atoms with Gasteiger partial charge in [-0.15, -0.1) is 22.7 Å². The predicted octanol–water partition coefficient (Wildman–Crippen LogP) is 6.13. The molecule has 5 heteroatoms. The molecule has 0 aliphatic carbocycles. The van der Waals surface area contributed by atoms with Crippen LogP contribution in [0.3, 0.4) is 0 Å². The van der Waals surface area contributed by atoms with Gasteiger partial charge >= 0.3 is 0 Å². The molecule has 0 aliphatic heterocycles. The molecule has 0 saturated carbocycles. The van der Waals surface area contributed by atoms with E-state index in [9.17, 15) is 0 Å². The molecule has 0 spiro atoms. The lowest BCUT2D eigenvalue weighted by Gasteiger charge is -2.06. The van der Waals surface area contributed by atoms with Crippen molar-refractivity contribution in [2.45, 2.75) is 11.8 Å². The van der Waals surface area contributed by atoms with Crippen molar-refractivity contribution in [3.63, 3.8) is 0 Å².